The molecule has 1 aliphatic rings. The van der Waals surface area contributed by atoms with E-state index in [2.05, 4.69) is 72.5 Å². The van der Waals surface area contributed by atoms with Crippen LogP contribution >= 0.6 is 0 Å². The number of furan rings is 1. The molecule has 3 nitrogen and oxygen atoms in total. The van der Waals surface area contributed by atoms with Gasteiger partial charge in [0.25, 0.3) is 0 Å². The maximum Gasteiger partial charge on any atom is 0.222 e. The van der Waals surface area contributed by atoms with Gasteiger partial charge in [-0.3, -0.25) is 4.79 Å². The lowest BCUT2D eigenvalue weighted by Crippen LogP contribution is -2.29. The normalized spacial score (nSPS) is 19.4. The van der Waals surface area contributed by atoms with E-state index in [1.165, 1.54) is 28.2 Å². The van der Waals surface area contributed by atoms with Crippen LogP contribution in [0.3, 0.4) is 0 Å². The summed E-state index contributed by atoms with van der Waals surface area (Å²) in [6.45, 7) is 2.25. The van der Waals surface area contributed by atoms with Gasteiger partial charge < -0.3 is 9.32 Å². The van der Waals surface area contributed by atoms with E-state index in [4.69, 9.17) is 4.42 Å². The van der Waals surface area contributed by atoms with Crippen LogP contribution in [0.5, 0.6) is 0 Å². The van der Waals surface area contributed by atoms with E-state index in [-0.39, 0.29) is 11.2 Å². The Balaban J connectivity index is 1.73. The zero-order valence-corrected chi connectivity index (χ0v) is 17.1. The summed E-state index contributed by atoms with van der Waals surface area (Å²) >= 11 is 0. The van der Waals surface area contributed by atoms with Crippen LogP contribution in [0.2, 0.25) is 0 Å². The fourth-order valence-corrected chi connectivity index (χ4v) is 4.80. The van der Waals surface area contributed by atoms with Gasteiger partial charge in [-0.05, 0) is 53.4 Å². The maximum atomic E-state index is 13.0. The van der Waals surface area contributed by atoms with Gasteiger partial charge in [0.2, 0.25) is 5.78 Å². The second kappa shape index (κ2) is 7.03. The summed E-state index contributed by atoms with van der Waals surface area (Å²) in [5.74, 6) is 0.247. The lowest BCUT2D eigenvalue weighted by Gasteiger charge is -2.29. The van der Waals surface area contributed by atoms with Crippen molar-refractivity contribution in [2.45, 2.75) is 18.8 Å². The number of hydrogen-bond acceptors (Lipinski definition) is 3. The molecule has 0 saturated heterocycles. The van der Waals surface area contributed by atoms with Crippen LogP contribution in [0.15, 0.2) is 101 Å². The monoisotopic (exact) mass is 393 g/mol. The third-order valence-electron chi connectivity index (χ3n) is 6.18. The zero-order chi connectivity index (χ0) is 20.7. The second-order valence-corrected chi connectivity index (χ2v) is 8.11. The Morgan fingerprint density at radius 2 is 1.73 bits per heavy atom. The fraction of sp³-hybridized carbons (Fsp3) is 0.148. The molecule has 5 rings (SSSR count). The summed E-state index contributed by atoms with van der Waals surface area (Å²) < 4.78 is 5.36. The van der Waals surface area contributed by atoms with E-state index in [1.54, 1.807) is 18.2 Å². The Morgan fingerprint density at radius 1 is 0.967 bits per heavy atom. The standard InChI is InChI=1S/C27H23NO2/c1-27(18-19-9-4-3-5-10-19)25(17-23(29)24-13-8-16-30-24)28(2)22-15-14-20-11-6-7-12-21(20)26(22)27/h3-17H,18H2,1-2H3/b25-17-. The Bertz CT molecular complexity index is 1250. The first-order valence-corrected chi connectivity index (χ1v) is 10.2. The van der Waals surface area contributed by atoms with Crippen molar-refractivity contribution in [1.82, 2.24) is 0 Å². The van der Waals surface area contributed by atoms with E-state index in [1.807, 2.05) is 13.1 Å². The first kappa shape index (κ1) is 18.4. The quantitative estimate of drug-likeness (QED) is 0.308. The third kappa shape index (κ3) is 2.86. The molecule has 3 heteroatoms. The maximum absolute atomic E-state index is 13.0. The predicted octanol–water partition coefficient (Wildman–Crippen LogP) is 6.15. The van der Waals surface area contributed by atoms with Crippen LogP contribution in [-0.4, -0.2) is 12.8 Å². The molecule has 148 valence electrons. The van der Waals surface area contributed by atoms with Gasteiger partial charge in [-0.2, -0.15) is 0 Å². The average Bonchev–Trinajstić information content (AvgIpc) is 3.37. The van der Waals surface area contributed by atoms with Crippen molar-refractivity contribution in [2.75, 3.05) is 11.9 Å². The molecule has 0 amide bonds. The van der Waals surface area contributed by atoms with E-state index in [0.29, 0.717) is 5.76 Å². The lowest BCUT2D eigenvalue weighted by atomic mass is 9.74. The molecule has 4 aromatic rings. The Hall–Kier alpha value is -3.59. The molecule has 2 heterocycles. The summed E-state index contributed by atoms with van der Waals surface area (Å²) in [6, 6.07) is 26.7. The molecule has 0 radical (unpaired) electrons. The fourth-order valence-electron chi connectivity index (χ4n) is 4.80. The van der Waals surface area contributed by atoms with E-state index >= 15 is 0 Å². The van der Waals surface area contributed by atoms with Crippen LogP contribution in [0.4, 0.5) is 5.69 Å². The number of nitrogens with zero attached hydrogens (tertiary/aromatic N) is 1. The average molecular weight is 393 g/mol. The third-order valence-corrected chi connectivity index (χ3v) is 6.18. The summed E-state index contributed by atoms with van der Waals surface area (Å²) in [6.07, 6.45) is 4.09. The molecule has 0 fully saturated rings. The summed E-state index contributed by atoms with van der Waals surface area (Å²) in [5.41, 5.74) is 4.29. The molecule has 3 aromatic carbocycles. The Morgan fingerprint density at radius 3 is 2.50 bits per heavy atom. The minimum Gasteiger partial charge on any atom is -0.461 e. The SMILES string of the molecule is CN1/C(=C\C(=O)c2ccco2)C(C)(Cc2ccccc2)c2c1ccc1ccccc21. The van der Waals surface area contributed by atoms with Gasteiger partial charge in [-0.1, -0.05) is 60.7 Å². The number of carbonyl (C=O) groups is 1. The molecule has 0 spiro atoms. The lowest BCUT2D eigenvalue weighted by molar-refractivity contribution is 0.102. The smallest absolute Gasteiger partial charge is 0.222 e. The summed E-state index contributed by atoms with van der Waals surface area (Å²) in [5, 5.41) is 2.44. The zero-order valence-electron chi connectivity index (χ0n) is 17.1. The minimum atomic E-state index is -0.353. The van der Waals surface area contributed by atoms with Crippen molar-refractivity contribution in [2.24, 2.45) is 0 Å². The number of rotatable bonds is 4. The van der Waals surface area contributed by atoms with E-state index in [9.17, 15) is 4.79 Å². The van der Waals surface area contributed by atoms with Crippen molar-refractivity contribution in [3.63, 3.8) is 0 Å². The molecule has 0 N–H and O–H groups in total. The van der Waals surface area contributed by atoms with Gasteiger partial charge >= 0.3 is 0 Å². The molecule has 1 aromatic heterocycles. The number of anilines is 1. The predicted molar refractivity (Wildman–Crippen MR) is 121 cm³/mol. The van der Waals surface area contributed by atoms with Crippen LogP contribution < -0.4 is 4.90 Å². The molecule has 0 aliphatic carbocycles. The number of fused-ring (bicyclic) bond motifs is 3. The number of ketones is 1. The van der Waals surface area contributed by atoms with E-state index in [0.717, 1.165) is 17.8 Å². The van der Waals surface area contributed by atoms with Crippen molar-refractivity contribution in [3.8, 4) is 0 Å². The van der Waals surface area contributed by atoms with E-state index < -0.39 is 0 Å². The van der Waals surface area contributed by atoms with Crippen LogP contribution in [0.25, 0.3) is 10.8 Å². The number of likely N-dealkylation sites (N-methyl/N-ethyl adjacent to an activating group) is 1. The van der Waals surface area contributed by atoms with Crippen LogP contribution in [0, 0.1) is 0 Å². The number of hydrogen-bond donors (Lipinski definition) is 0. The molecule has 1 aliphatic heterocycles. The Kier molecular flexibility index (Phi) is 4.32. The van der Waals surface area contributed by atoms with Gasteiger partial charge in [0, 0.05) is 29.9 Å². The van der Waals surface area contributed by atoms with Gasteiger partial charge in [-0.25, -0.2) is 0 Å². The number of allylic oxidation sites excluding steroid dienone is 2. The summed E-state index contributed by atoms with van der Waals surface area (Å²) in [7, 11) is 2.05. The molecule has 1 unspecified atom stereocenters. The molecule has 30 heavy (non-hydrogen) atoms. The molecular formula is C27H23NO2. The number of benzene rings is 3. The molecule has 0 saturated carbocycles. The van der Waals surface area contributed by atoms with Crippen molar-refractivity contribution >= 4 is 22.2 Å². The van der Waals surface area contributed by atoms with Crippen molar-refractivity contribution < 1.29 is 9.21 Å². The topological polar surface area (TPSA) is 33.5 Å². The highest BCUT2D eigenvalue weighted by Crippen LogP contribution is 2.51. The number of carbonyl (C=O) groups excluding carboxylic acids is 1. The van der Waals surface area contributed by atoms with Gasteiger partial charge in [-0.15, -0.1) is 0 Å². The van der Waals surface area contributed by atoms with Gasteiger partial charge in [0.1, 0.15) is 0 Å². The Labute approximate surface area is 176 Å². The highest BCUT2D eigenvalue weighted by Gasteiger charge is 2.44. The van der Waals surface area contributed by atoms with Crippen LogP contribution in [-0.2, 0) is 11.8 Å². The van der Waals surface area contributed by atoms with Gasteiger partial charge in [0.15, 0.2) is 5.76 Å². The first-order valence-electron chi connectivity index (χ1n) is 10.2. The highest BCUT2D eigenvalue weighted by atomic mass is 16.3. The largest absolute Gasteiger partial charge is 0.461 e. The van der Waals surface area contributed by atoms with Crippen molar-refractivity contribution in [1.29, 1.82) is 0 Å². The first-order chi connectivity index (χ1) is 14.6. The summed E-state index contributed by atoms with van der Waals surface area (Å²) in [4.78, 5) is 15.1. The minimum absolute atomic E-state index is 0.113. The van der Waals surface area contributed by atoms with Gasteiger partial charge in [0.05, 0.1) is 6.26 Å². The second-order valence-electron chi connectivity index (χ2n) is 8.11. The highest BCUT2D eigenvalue weighted by molar-refractivity contribution is 6.04. The molecular weight excluding hydrogens is 370 g/mol. The van der Waals surface area contributed by atoms with Crippen molar-refractivity contribution in [3.05, 3.63) is 114 Å². The molecule has 1 atom stereocenters. The van der Waals surface area contributed by atoms with Crippen LogP contribution in [0.1, 0.15) is 28.6 Å². The molecule has 0 bridgehead atoms.